The Morgan fingerprint density at radius 3 is 2.37 bits per heavy atom. The number of thioether (sulfide) groups is 1. The van der Waals surface area contributed by atoms with Gasteiger partial charge < -0.3 is 4.42 Å². The lowest BCUT2D eigenvalue weighted by Crippen LogP contribution is -2.61. The van der Waals surface area contributed by atoms with Crippen molar-refractivity contribution >= 4 is 70.8 Å². The maximum Gasteiger partial charge on any atom is 0.141 e. The molecule has 11 rings (SSSR count). The molecule has 1 saturated heterocycles. The number of thiophene rings is 1. The minimum atomic E-state index is -0.0988. The van der Waals surface area contributed by atoms with Crippen LogP contribution in [0.15, 0.2) is 161 Å². The Bertz CT molecular complexity index is 2630. The van der Waals surface area contributed by atoms with Gasteiger partial charge in [-0.15, -0.1) is 23.1 Å². The summed E-state index contributed by atoms with van der Waals surface area (Å²) in [6, 6.07) is 41.2. The first-order valence-electron chi connectivity index (χ1n) is 17.9. The maximum atomic E-state index is 6.51. The first kappa shape index (κ1) is 30.0. The molecule has 4 nitrogen and oxygen atoms in total. The van der Waals surface area contributed by atoms with E-state index in [1.54, 1.807) is 0 Å². The van der Waals surface area contributed by atoms with Gasteiger partial charge in [-0.3, -0.25) is 16.0 Å². The van der Waals surface area contributed by atoms with Crippen LogP contribution in [-0.4, -0.2) is 11.4 Å². The average molecular weight is 698 g/mol. The molecule has 248 valence electrons. The predicted octanol–water partition coefficient (Wildman–Crippen LogP) is 11.0. The molecule has 6 atom stereocenters. The molecule has 2 aliphatic carbocycles. The van der Waals surface area contributed by atoms with Gasteiger partial charge in [0.25, 0.3) is 0 Å². The number of benzene rings is 5. The molecular weight excluding hydrogens is 663 g/mol. The fourth-order valence-corrected chi connectivity index (χ4v) is 11.4. The summed E-state index contributed by atoms with van der Waals surface area (Å²) < 4.78 is 9.25. The minimum Gasteiger partial charge on any atom is -0.456 e. The van der Waals surface area contributed by atoms with Gasteiger partial charge in [-0.1, -0.05) is 134 Å². The van der Waals surface area contributed by atoms with E-state index in [9.17, 15) is 0 Å². The minimum absolute atomic E-state index is 0.0188. The van der Waals surface area contributed by atoms with E-state index < -0.39 is 0 Å². The molecule has 4 aliphatic rings. The zero-order valence-electron chi connectivity index (χ0n) is 27.8. The highest BCUT2D eigenvalue weighted by Gasteiger charge is 2.40. The summed E-state index contributed by atoms with van der Waals surface area (Å²) in [5.41, 5.74) is 8.40. The molecule has 2 aromatic heterocycles. The zero-order chi connectivity index (χ0) is 33.5. The van der Waals surface area contributed by atoms with Gasteiger partial charge >= 0.3 is 0 Å². The van der Waals surface area contributed by atoms with E-state index in [-0.39, 0.29) is 18.5 Å². The molecule has 51 heavy (non-hydrogen) atoms. The van der Waals surface area contributed by atoms with Crippen LogP contribution in [0.25, 0.3) is 47.7 Å². The third-order valence-electron chi connectivity index (χ3n) is 11.1. The molecule has 0 amide bonds. The molecule has 0 spiro atoms. The van der Waals surface area contributed by atoms with Gasteiger partial charge in [-0.25, -0.2) is 0 Å². The monoisotopic (exact) mass is 697 g/mol. The Morgan fingerprint density at radius 2 is 1.43 bits per heavy atom. The van der Waals surface area contributed by atoms with Crippen LogP contribution in [0.4, 0.5) is 0 Å². The highest BCUT2D eigenvalue weighted by molar-refractivity contribution is 8.04. The van der Waals surface area contributed by atoms with Crippen LogP contribution >= 0.6 is 23.1 Å². The summed E-state index contributed by atoms with van der Waals surface area (Å²) in [6.45, 7) is 0. The van der Waals surface area contributed by atoms with Crippen molar-refractivity contribution in [3.63, 3.8) is 0 Å². The molecule has 6 unspecified atom stereocenters. The Morgan fingerprint density at radius 1 is 0.647 bits per heavy atom. The molecule has 1 fully saturated rings. The van der Waals surface area contributed by atoms with Crippen LogP contribution in [0.5, 0.6) is 0 Å². The standard InChI is InChI=1S/C45H35N3OS2/c1-2-10-26(11-3-1)43-46-44(48-45(47-43)35-17-9-15-33-30-12-4-6-18-37(30)49-41(33)35)28-20-22-32-36-24-27(21-23-39(36)50-40(32)25-28)29-14-8-16-34-31-13-5-7-19-38(31)51-42(29)34/h1-24,28,36,39,43-48H,25H2. The third-order valence-corrected chi connectivity index (χ3v) is 13.8. The molecule has 3 N–H and O–H groups in total. The highest BCUT2D eigenvalue weighted by Crippen LogP contribution is 2.52. The van der Waals surface area contributed by atoms with Gasteiger partial charge in [0.15, 0.2) is 0 Å². The lowest BCUT2D eigenvalue weighted by molar-refractivity contribution is 0.170. The van der Waals surface area contributed by atoms with E-state index in [4.69, 9.17) is 4.42 Å². The summed E-state index contributed by atoms with van der Waals surface area (Å²) in [7, 11) is 0. The zero-order valence-corrected chi connectivity index (χ0v) is 29.4. The van der Waals surface area contributed by atoms with E-state index in [0.717, 1.165) is 33.9 Å². The number of hydrogen-bond acceptors (Lipinski definition) is 6. The molecule has 6 heteroatoms. The van der Waals surface area contributed by atoms with Crippen molar-refractivity contribution in [3.05, 3.63) is 173 Å². The third kappa shape index (κ3) is 4.93. The number of hydrogen-bond donors (Lipinski definition) is 3. The van der Waals surface area contributed by atoms with Gasteiger partial charge in [0.2, 0.25) is 0 Å². The van der Waals surface area contributed by atoms with Crippen molar-refractivity contribution in [1.29, 1.82) is 0 Å². The molecule has 4 heterocycles. The van der Waals surface area contributed by atoms with Gasteiger partial charge in [-0.05, 0) is 45.7 Å². The fourth-order valence-electron chi connectivity index (χ4n) is 8.65. The van der Waals surface area contributed by atoms with Crippen molar-refractivity contribution < 1.29 is 4.42 Å². The van der Waals surface area contributed by atoms with E-state index in [2.05, 4.69) is 167 Å². The van der Waals surface area contributed by atoms with Gasteiger partial charge in [0.1, 0.15) is 11.2 Å². The lowest BCUT2D eigenvalue weighted by Gasteiger charge is -2.42. The van der Waals surface area contributed by atoms with Gasteiger partial charge in [0, 0.05) is 53.6 Å². The molecule has 0 bridgehead atoms. The summed E-state index contributed by atoms with van der Waals surface area (Å²) in [5.74, 6) is 0.679. The second-order valence-electron chi connectivity index (χ2n) is 14.1. The van der Waals surface area contributed by atoms with E-state index in [0.29, 0.717) is 17.1 Å². The Balaban J connectivity index is 0.910. The van der Waals surface area contributed by atoms with Crippen molar-refractivity contribution in [3.8, 4) is 0 Å². The van der Waals surface area contributed by atoms with Crippen LogP contribution in [0, 0.1) is 11.8 Å². The normalized spacial score (nSPS) is 25.9. The first-order chi connectivity index (χ1) is 25.2. The Labute approximate surface area is 304 Å². The molecule has 0 saturated carbocycles. The van der Waals surface area contributed by atoms with E-state index in [1.807, 2.05) is 17.4 Å². The number of nitrogens with one attached hydrogen (secondary N) is 3. The summed E-state index contributed by atoms with van der Waals surface area (Å²) in [4.78, 5) is 1.52. The number of rotatable bonds is 4. The van der Waals surface area contributed by atoms with Crippen molar-refractivity contribution in [2.75, 3.05) is 0 Å². The van der Waals surface area contributed by atoms with Crippen LogP contribution in [0.2, 0.25) is 0 Å². The predicted molar refractivity (Wildman–Crippen MR) is 214 cm³/mol. The van der Waals surface area contributed by atoms with Crippen molar-refractivity contribution in [1.82, 2.24) is 16.0 Å². The van der Waals surface area contributed by atoms with Crippen molar-refractivity contribution in [2.24, 2.45) is 11.8 Å². The lowest BCUT2D eigenvalue weighted by atomic mass is 9.82. The van der Waals surface area contributed by atoms with Crippen LogP contribution in [0.1, 0.15) is 35.4 Å². The topological polar surface area (TPSA) is 49.2 Å². The van der Waals surface area contributed by atoms with Crippen LogP contribution in [-0.2, 0) is 0 Å². The highest BCUT2D eigenvalue weighted by atomic mass is 32.2. The quantitative estimate of drug-likeness (QED) is 0.171. The smallest absolute Gasteiger partial charge is 0.141 e. The van der Waals surface area contributed by atoms with Crippen LogP contribution < -0.4 is 16.0 Å². The number of allylic oxidation sites excluding steroid dienone is 6. The number of fused-ring (bicyclic) bond motifs is 8. The van der Waals surface area contributed by atoms with Gasteiger partial charge in [0.05, 0.1) is 18.5 Å². The summed E-state index contributed by atoms with van der Waals surface area (Å²) >= 11 is 3.98. The Kier molecular flexibility index (Phi) is 7.02. The molecule has 7 aromatic rings. The molecule has 5 aromatic carbocycles. The fraction of sp³-hybridized carbons (Fsp3) is 0.156. The molecule has 0 radical (unpaired) electrons. The van der Waals surface area contributed by atoms with Crippen molar-refractivity contribution in [2.45, 2.75) is 30.2 Å². The first-order valence-corrected chi connectivity index (χ1v) is 19.6. The largest absolute Gasteiger partial charge is 0.456 e. The SMILES string of the molecule is C1=CC2SC3=C(C=CC(C4NC(c5ccccc5)NC(c5cccc6c5oc5ccccc56)N4)C3)C2C=C1c1cccc2c1sc1ccccc12. The van der Waals surface area contributed by atoms with E-state index >= 15 is 0 Å². The van der Waals surface area contributed by atoms with Crippen LogP contribution in [0.3, 0.4) is 0 Å². The summed E-state index contributed by atoms with van der Waals surface area (Å²) in [5, 5.41) is 17.3. The van der Waals surface area contributed by atoms with E-state index in [1.165, 1.54) is 47.4 Å². The number of furan rings is 1. The Hall–Kier alpha value is -4.69. The number of para-hydroxylation sites is 2. The molecular formula is C45H35N3OS2. The average Bonchev–Trinajstić information content (AvgIpc) is 3.88. The summed E-state index contributed by atoms with van der Waals surface area (Å²) in [6.07, 6.45) is 13.2. The second-order valence-corrected chi connectivity index (χ2v) is 16.4. The molecule has 2 aliphatic heterocycles. The second kappa shape index (κ2) is 11.9. The maximum absolute atomic E-state index is 6.51. The van der Waals surface area contributed by atoms with Gasteiger partial charge in [-0.2, -0.15) is 0 Å².